The van der Waals surface area contributed by atoms with Gasteiger partial charge in [0.25, 0.3) is 0 Å². The van der Waals surface area contributed by atoms with Crippen LogP contribution in [-0.4, -0.2) is 31.8 Å². The van der Waals surface area contributed by atoms with Gasteiger partial charge < -0.3 is 10.5 Å². The molecule has 0 spiro atoms. The van der Waals surface area contributed by atoms with Gasteiger partial charge in [0, 0.05) is 13.2 Å². The molecule has 2 heterocycles. The molecule has 7 heteroatoms. The van der Waals surface area contributed by atoms with Gasteiger partial charge in [0.05, 0.1) is 7.11 Å². The van der Waals surface area contributed by atoms with Gasteiger partial charge in [-0.3, -0.25) is 4.68 Å². The van der Waals surface area contributed by atoms with Crippen LogP contribution in [0.4, 0.5) is 5.95 Å². The van der Waals surface area contributed by atoms with Crippen LogP contribution in [0, 0.1) is 0 Å². The summed E-state index contributed by atoms with van der Waals surface area (Å²) in [6.45, 7) is 0. The minimum atomic E-state index is 0.123. The highest BCUT2D eigenvalue weighted by molar-refractivity contribution is 5.50. The fourth-order valence-electron chi connectivity index (χ4n) is 1.17. The fraction of sp³-hybridized carbons (Fsp3) is 0.250. The average molecular weight is 206 g/mol. The van der Waals surface area contributed by atoms with Crippen LogP contribution in [0.25, 0.3) is 11.5 Å². The van der Waals surface area contributed by atoms with E-state index < -0.39 is 0 Å². The summed E-state index contributed by atoms with van der Waals surface area (Å²) in [7, 11) is 3.27. The Balaban J connectivity index is 2.53. The molecule has 0 aliphatic carbocycles. The third-order valence-corrected chi connectivity index (χ3v) is 1.86. The summed E-state index contributed by atoms with van der Waals surface area (Å²) in [6.07, 6.45) is 1.65. The van der Waals surface area contributed by atoms with Gasteiger partial charge in [-0.1, -0.05) is 0 Å². The monoisotopic (exact) mass is 206 g/mol. The van der Waals surface area contributed by atoms with Crippen LogP contribution in [0.15, 0.2) is 12.3 Å². The highest BCUT2D eigenvalue weighted by Gasteiger charge is 2.09. The predicted molar refractivity (Wildman–Crippen MR) is 53.0 cm³/mol. The van der Waals surface area contributed by atoms with Gasteiger partial charge in [-0.05, 0) is 6.07 Å². The molecule has 0 radical (unpaired) electrons. The molecule has 0 atom stereocenters. The largest absolute Gasteiger partial charge is 0.467 e. The van der Waals surface area contributed by atoms with E-state index in [-0.39, 0.29) is 12.0 Å². The first-order chi connectivity index (χ1) is 7.20. The number of hydrogen-bond donors (Lipinski definition) is 1. The van der Waals surface area contributed by atoms with Crippen molar-refractivity contribution in [1.29, 1.82) is 0 Å². The van der Waals surface area contributed by atoms with Gasteiger partial charge in [0.15, 0.2) is 5.82 Å². The zero-order chi connectivity index (χ0) is 10.8. The molecule has 7 nitrogen and oxygen atoms in total. The normalized spacial score (nSPS) is 10.3. The Bertz CT molecular complexity index is 480. The van der Waals surface area contributed by atoms with Crippen LogP contribution < -0.4 is 10.5 Å². The molecule has 0 aromatic carbocycles. The molecule has 0 fully saturated rings. The molecule has 15 heavy (non-hydrogen) atoms. The summed E-state index contributed by atoms with van der Waals surface area (Å²) in [5.74, 6) is 0.567. The molecular weight excluding hydrogens is 196 g/mol. The molecule has 2 rings (SSSR count). The third kappa shape index (κ3) is 1.71. The number of nitrogens with two attached hydrogens (primary N) is 1. The Labute approximate surface area is 85.9 Å². The smallest absolute Gasteiger partial charge is 0.321 e. The van der Waals surface area contributed by atoms with Crippen molar-refractivity contribution in [2.24, 2.45) is 7.05 Å². The lowest BCUT2D eigenvalue weighted by Gasteiger charge is -2.03. The van der Waals surface area contributed by atoms with E-state index in [0.29, 0.717) is 5.82 Å². The lowest BCUT2D eigenvalue weighted by Crippen LogP contribution is -2.04. The number of aryl methyl sites for hydroxylation is 1. The third-order valence-electron chi connectivity index (χ3n) is 1.86. The van der Waals surface area contributed by atoms with Gasteiger partial charge in [-0.25, -0.2) is 0 Å². The molecule has 0 unspecified atom stereocenters. The Hall–Kier alpha value is -2.18. The van der Waals surface area contributed by atoms with E-state index in [4.69, 9.17) is 10.5 Å². The maximum atomic E-state index is 5.52. The van der Waals surface area contributed by atoms with Gasteiger partial charge in [0.2, 0.25) is 5.95 Å². The van der Waals surface area contributed by atoms with Crippen LogP contribution in [-0.2, 0) is 7.05 Å². The predicted octanol–water partition coefficient (Wildman–Crippen LogP) is -0.137. The summed E-state index contributed by atoms with van der Waals surface area (Å²) in [4.78, 5) is 11.9. The molecule has 0 aliphatic heterocycles. The minimum Gasteiger partial charge on any atom is -0.467 e. The molecule has 0 bridgehead atoms. The number of nitrogens with zero attached hydrogens (tertiary/aromatic N) is 5. The molecule has 0 saturated carbocycles. The van der Waals surface area contributed by atoms with Gasteiger partial charge in [-0.15, -0.1) is 0 Å². The van der Waals surface area contributed by atoms with Crippen LogP contribution in [0.3, 0.4) is 0 Å². The van der Waals surface area contributed by atoms with E-state index >= 15 is 0 Å². The van der Waals surface area contributed by atoms with Crippen molar-refractivity contribution in [1.82, 2.24) is 24.7 Å². The van der Waals surface area contributed by atoms with E-state index in [1.54, 1.807) is 24.0 Å². The lowest BCUT2D eigenvalue weighted by atomic mass is 10.4. The summed E-state index contributed by atoms with van der Waals surface area (Å²) in [5.41, 5.74) is 6.27. The summed E-state index contributed by atoms with van der Waals surface area (Å²) < 4.78 is 6.55. The number of ether oxygens (including phenoxy) is 1. The first kappa shape index (κ1) is 9.38. The highest BCUT2D eigenvalue weighted by atomic mass is 16.5. The van der Waals surface area contributed by atoms with E-state index in [9.17, 15) is 0 Å². The fourth-order valence-corrected chi connectivity index (χ4v) is 1.17. The standard InChI is InChI=1S/C8H10N6O/c1-14-5(3-4-10-14)6-11-7(9)13-8(12-6)15-2/h3-4H,1-2H3,(H2,9,11,12,13). The molecule has 0 aliphatic rings. The number of anilines is 1. The zero-order valence-corrected chi connectivity index (χ0v) is 8.38. The van der Waals surface area contributed by atoms with Gasteiger partial charge in [0.1, 0.15) is 5.69 Å². The number of hydrogen-bond acceptors (Lipinski definition) is 6. The second-order valence-corrected chi connectivity index (χ2v) is 2.84. The van der Waals surface area contributed by atoms with Crippen LogP contribution in [0.1, 0.15) is 0 Å². The summed E-state index contributed by atoms with van der Waals surface area (Å²) in [5, 5.41) is 4.01. The van der Waals surface area contributed by atoms with Crippen molar-refractivity contribution in [2.75, 3.05) is 12.8 Å². The first-order valence-corrected chi connectivity index (χ1v) is 4.24. The first-order valence-electron chi connectivity index (χ1n) is 4.24. The van der Waals surface area contributed by atoms with Crippen LogP contribution in [0.2, 0.25) is 0 Å². The molecule has 2 aromatic heterocycles. The van der Waals surface area contributed by atoms with Gasteiger partial charge >= 0.3 is 6.01 Å². The zero-order valence-electron chi connectivity index (χ0n) is 8.38. The topological polar surface area (TPSA) is 91.7 Å². The van der Waals surface area contributed by atoms with Crippen molar-refractivity contribution in [3.63, 3.8) is 0 Å². The van der Waals surface area contributed by atoms with Crippen LogP contribution in [0.5, 0.6) is 6.01 Å². The SMILES string of the molecule is COc1nc(N)nc(-c2ccnn2C)n1. The quantitative estimate of drug-likeness (QED) is 0.735. The maximum absolute atomic E-state index is 5.52. The van der Waals surface area contributed by atoms with E-state index in [1.165, 1.54) is 7.11 Å². The van der Waals surface area contributed by atoms with Crippen molar-refractivity contribution >= 4 is 5.95 Å². The number of aromatic nitrogens is 5. The molecule has 2 N–H and O–H groups in total. The maximum Gasteiger partial charge on any atom is 0.321 e. The summed E-state index contributed by atoms with van der Waals surface area (Å²) in [6, 6.07) is 1.98. The van der Waals surface area contributed by atoms with E-state index in [1.807, 2.05) is 0 Å². The minimum absolute atomic E-state index is 0.123. The second-order valence-electron chi connectivity index (χ2n) is 2.84. The Kier molecular flexibility index (Phi) is 2.20. The Morgan fingerprint density at radius 1 is 1.33 bits per heavy atom. The van der Waals surface area contributed by atoms with Gasteiger partial charge in [-0.2, -0.15) is 20.1 Å². The number of rotatable bonds is 2. The van der Waals surface area contributed by atoms with Crippen molar-refractivity contribution in [3.8, 4) is 17.5 Å². The highest BCUT2D eigenvalue weighted by Crippen LogP contribution is 2.15. The van der Waals surface area contributed by atoms with Crippen molar-refractivity contribution in [3.05, 3.63) is 12.3 Å². The molecule has 78 valence electrons. The number of nitrogen functional groups attached to an aromatic ring is 1. The van der Waals surface area contributed by atoms with E-state index in [2.05, 4.69) is 20.1 Å². The summed E-state index contributed by atoms with van der Waals surface area (Å²) >= 11 is 0. The second kappa shape index (κ2) is 3.52. The van der Waals surface area contributed by atoms with Crippen molar-refractivity contribution in [2.45, 2.75) is 0 Å². The lowest BCUT2D eigenvalue weighted by molar-refractivity contribution is 0.379. The molecule has 0 amide bonds. The van der Waals surface area contributed by atoms with Crippen LogP contribution >= 0.6 is 0 Å². The molecule has 0 saturated heterocycles. The average Bonchev–Trinajstić information content (AvgIpc) is 2.63. The Morgan fingerprint density at radius 2 is 2.13 bits per heavy atom. The van der Waals surface area contributed by atoms with Crippen molar-refractivity contribution < 1.29 is 4.74 Å². The Morgan fingerprint density at radius 3 is 2.73 bits per heavy atom. The van der Waals surface area contributed by atoms with E-state index in [0.717, 1.165) is 5.69 Å². The number of methoxy groups -OCH3 is 1. The molecule has 2 aromatic rings. The molecular formula is C8H10N6O.